The van der Waals surface area contributed by atoms with Crippen molar-refractivity contribution >= 4 is 33.6 Å². The molecular formula is C18H27N5S2. The van der Waals surface area contributed by atoms with E-state index in [9.17, 15) is 0 Å². The van der Waals surface area contributed by atoms with Crippen molar-refractivity contribution in [2.75, 3.05) is 37.6 Å². The van der Waals surface area contributed by atoms with Crippen molar-refractivity contribution in [2.24, 2.45) is 4.99 Å². The smallest absolute Gasteiger partial charge is 0.194 e. The van der Waals surface area contributed by atoms with Crippen LogP contribution in [0.4, 0.5) is 5.00 Å². The molecule has 0 radical (unpaired) electrons. The van der Waals surface area contributed by atoms with Crippen molar-refractivity contribution in [3.63, 3.8) is 0 Å². The summed E-state index contributed by atoms with van der Waals surface area (Å²) in [5.41, 5.74) is 1.07. The molecule has 7 heteroatoms. The van der Waals surface area contributed by atoms with Gasteiger partial charge in [0, 0.05) is 44.0 Å². The summed E-state index contributed by atoms with van der Waals surface area (Å²) in [6.07, 6.45) is 0. The fraction of sp³-hybridized carbons (Fsp3) is 0.556. The first-order valence-corrected chi connectivity index (χ1v) is 10.7. The van der Waals surface area contributed by atoms with E-state index in [0.29, 0.717) is 12.5 Å². The molecule has 5 nitrogen and oxygen atoms in total. The van der Waals surface area contributed by atoms with Gasteiger partial charge in [0.2, 0.25) is 0 Å². The average molecular weight is 378 g/mol. The molecular weight excluding hydrogens is 350 g/mol. The molecule has 2 aromatic heterocycles. The lowest BCUT2D eigenvalue weighted by molar-refractivity contribution is 0.373. The Balaban J connectivity index is 1.60. The minimum absolute atomic E-state index is 0.487. The second-order valence-electron chi connectivity index (χ2n) is 6.43. The van der Waals surface area contributed by atoms with Crippen molar-refractivity contribution in [1.82, 2.24) is 15.2 Å². The van der Waals surface area contributed by atoms with Gasteiger partial charge in [-0.1, -0.05) is 13.8 Å². The van der Waals surface area contributed by atoms with Crippen LogP contribution in [-0.2, 0) is 6.54 Å². The van der Waals surface area contributed by atoms with Crippen LogP contribution in [0.15, 0.2) is 27.9 Å². The van der Waals surface area contributed by atoms with Gasteiger partial charge in [-0.3, -0.25) is 0 Å². The van der Waals surface area contributed by atoms with Crippen molar-refractivity contribution in [3.8, 4) is 0 Å². The van der Waals surface area contributed by atoms with Gasteiger partial charge in [-0.05, 0) is 24.4 Å². The Morgan fingerprint density at radius 1 is 1.28 bits per heavy atom. The molecule has 3 heterocycles. The number of rotatable bonds is 5. The van der Waals surface area contributed by atoms with Crippen LogP contribution in [0.2, 0.25) is 0 Å². The zero-order chi connectivity index (χ0) is 17.6. The third-order valence-electron chi connectivity index (χ3n) is 4.19. The molecule has 25 heavy (non-hydrogen) atoms. The highest BCUT2D eigenvalue weighted by molar-refractivity contribution is 7.14. The molecule has 0 amide bonds. The van der Waals surface area contributed by atoms with Crippen LogP contribution in [0.25, 0.3) is 0 Å². The molecule has 1 aliphatic rings. The Kier molecular flexibility index (Phi) is 6.31. The fourth-order valence-electron chi connectivity index (χ4n) is 2.83. The van der Waals surface area contributed by atoms with Gasteiger partial charge in [0.25, 0.3) is 0 Å². The predicted molar refractivity (Wildman–Crippen MR) is 109 cm³/mol. The summed E-state index contributed by atoms with van der Waals surface area (Å²) >= 11 is 3.55. The van der Waals surface area contributed by atoms with E-state index in [-0.39, 0.29) is 0 Å². The Labute approximate surface area is 158 Å². The van der Waals surface area contributed by atoms with Gasteiger partial charge in [0.1, 0.15) is 0 Å². The van der Waals surface area contributed by atoms with Gasteiger partial charge < -0.3 is 15.1 Å². The molecule has 0 bridgehead atoms. The van der Waals surface area contributed by atoms with Gasteiger partial charge >= 0.3 is 0 Å². The maximum Gasteiger partial charge on any atom is 0.194 e. The first kappa shape index (κ1) is 18.2. The Hall–Kier alpha value is -1.60. The Morgan fingerprint density at radius 3 is 2.68 bits per heavy atom. The molecule has 3 rings (SSSR count). The number of anilines is 1. The van der Waals surface area contributed by atoms with Crippen LogP contribution in [0.1, 0.15) is 37.4 Å². The average Bonchev–Trinajstić information content (AvgIpc) is 3.30. The van der Waals surface area contributed by atoms with Crippen LogP contribution in [0.5, 0.6) is 0 Å². The lowest BCUT2D eigenvalue weighted by Gasteiger charge is -2.37. The van der Waals surface area contributed by atoms with E-state index < -0.39 is 0 Å². The lowest BCUT2D eigenvalue weighted by atomic mass is 10.2. The van der Waals surface area contributed by atoms with Gasteiger partial charge in [-0.15, -0.1) is 22.7 Å². The summed E-state index contributed by atoms with van der Waals surface area (Å²) in [5.74, 6) is 1.49. The molecule has 0 aromatic carbocycles. The summed E-state index contributed by atoms with van der Waals surface area (Å²) in [6.45, 7) is 12.1. The molecule has 1 saturated heterocycles. The van der Waals surface area contributed by atoms with Crippen LogP contribution in [-0.4, -0.2) is 48.6 Å². The second-order valence-corrected chi connectivity index (χ2v) is 8.24. The summed E-state index contributed by atoms with van der Waals surface area (Å²) in [4.78, 5) is 14.3. The number of hydrogen-bond acceptors (Lipinski definition) is 5. The van der Waals surface area contributed by atoms with Gasteiger partial charge in [0.15, 0.2) is 5.96 Å². The van der Waals surface area contributed by atoms with Crippen molar-refractivity contribution in [3.05, 3.63) is 33.6 Å². The highest BCUT2D eigenvalue weighted by atomic mass is 32.1. The largest absolute Gasteiger partial charge is 0.360 e. The minimum Gasteiger partial charge on any atom is -0.360 e. The molecule has 1 aliphatic heterocycles. The highest BCUT2D eigenvalue weighted by Crippen LogP contribution is 2.22. The molecule has 0 aliphatic carbocycles. The highest BCUT2D eigenvalue weighted by Gasteiger charge is 2.20. The molecule has 136 valence electrons. The summed E-state index contributed by atoms with van der Waals surface area (Å²) in [6, 6.07) is 4.32. The minimum atomic E-state index is 0.487. The molecule has 0 atom stereocenters. The van der Waals surface area contributed by atoms with E-state index in [4.69, 9.17) is 9.98 Å². The zero-order valence-electron chi connectivity index (χ0n) is 15.2. The molecule has 0 spiro atoms. The Bertz CT molecular complexity index is 669. The number of piperazine rings is 1. The van der Waals surface area contributed by atoms with Crippen LogP contribution < -0.4 is 10.2 Å². The summed E-state index contributed by atoms with van der Waals surface area (Å²) in [5, 5.41) is 10.3. The zero-order valence-corrected chi connectivity index (χ0v) is 16.9. The predicted octanol–water partition coefficient (Wildman–Crippen LogP) is 3.62. The number of nitrogens with zero attached hydrogens (tertiary/aromatic N) is 4. The number of thiazole rings is 1. The topological polar surface area (TPSA) is 43.8 Å². The van der Waals surface area contributed by atoms with Crippen molar-refractivity contribution in [2.45, 2.75) is 33.2 Å². The number of aliphatic imine (C=N–C) groups is 1. The molecule has 2 aromatic rings. The Morgan fingerprint density at radius 2 is 2.08 bits per heavy atom. The molecule has 1 N–H and O–H groups in total. The standard InChI is InChI=1S/C18H27N5S2/c1-4-19-18(20-12-15-13-25-17(21-15)14(2)3)23-9-7-22(8-10-23)16-6-5-11-24-16/h5-6,11,13-14H,4,7-10,12H2,1-3H3,(H,19,20). The van der Waals surface area contributed by atoms with E-state index in [1.165, 1.54) is 10.0 Å². The monoisotopic (exact) mass is 377 g/mol. The van der Waals surface area contributed by atoms with E-state index in [0.717, 1.165) is 44.4 Å². The summed E-state index contributed by atoms with van der Waals surface area (Å²) < 4.78 is 0. The maximum atomic E-state index is 4.83. The second kappa shape index (κ2) is 8.67. The SMILES string of the molecule is CCNC(=NCc1csc(C(C)C)n1)N1CCN(c2cccs2)CC1. The number of guanidine groups is 1. The molecule has 0 unspecified atom stereocenters. The quantitative estimate of drug-likeness (QED) is 0.638. The number of hydrogen-bond donors (Lipinski definition) is 1. The van der Waals surface area contributed by atoms with Crippen LogP contribution >= 0.6 is 22.7 Å². The van der Waals surface area contributed by atoms with E-state index in [1.807, 2.05) is 11.3 Å². The summed E-state index contributed by atoms with van der Waals surface area (Å²) in [7, 11) is 0. The van der Waals surface area contributed by atoms with Crippen LogP contribution in [0, 0.1) is 0 Å². The number of nitrogens with one attached hydrogen (secondary N) is 1. The van der Waals surface area contributed by atoms with Gasteiger partial charge in [-0.2, -0.15) is 0 Å². The van der Waals surface area contributed by atoms with E-state index >= 15 is 0 Å². The molecule has 1 fully saturated rings. The maximum absolute atomic E-state index is 4.83. The first-order chi connectivity index (χ1) is 12.2. The van der Waals surface area contributed by atoms with Crippen molar-refractivity contribution in [1.29, 1.82) is 0 Å². The van der Waals surface area contributed by atoms with E-state index in [2.05, 4.69) is 58.8 Å². The number of aromatic nitrogens is 1. The van der Waals surface area contributed by atoms with E-state index in [1.54, 1.807) is 11.3 Å². The third-order valence-corrected chi connectivity index (χ3v) is 6.31. The molecule has 0 saturated carbocycles. The van der Waals surface area contributed by atoms with Gasteiger partial charge in [0.05, 0.1) is 22.2 Å². The van der Waals surface area contributed by atoms with Gasteiger partial charge in [-0.25, -0.2) is 9.98 Å². The third kappa shape index (κ3) is 4.73. The normalized spacial score (nSPS) is 15.9. The number of thiophene rings is 1. The van der Waals surface area contributed by atoms with Crippen LogP contribution in [0.3, 0.4) is 0 Å². The first-order valence-electron chi connectivity index (χ1n) is 8.93. The fourth-order valence-corrected chi connectivity index (χ4v) is 4.44. The lowest BCUT2D eigenvalue weighted by Crippen LogP contribution is -2.52. The van der Waals surface area contributed by atoms with Crippen molar-refractivity contribution < 1.29 is 0 Å².